The monoisotopic (exact) mass is 326 g/mol. The smallest absolute Gasteiger partial charge is 0.187 e. The van der Waals surface area contributed by atoms with Gasteiger partial charge < -0.3 is 50.0 Å². The first-order valence-electron chi connectivity index (χ1n) is 6.93. The summed E-state index contributed by atoms with van der Waals surface area (Å²) < 4.78 is 15.3. The van der Waals surface area contributed by atoms with Gasteiger partial charge in [0.2, 0.25) is 0 Å². The molecule has 2 fully saturated rings. The molecular formula is C12H22O10. The average molecular weight is 326 g/mol. The second-order valence-corrected chi connectivity index (χ2v) is 5.51. The minimum Gasteiger partial charge on any atom is -0.394 e. The van der Waals surface area contributed by atoms with Crippen LogP contribution in [0.5, 0.6) is 0 Å². The van der Waals surface area contributed by atoms with Crippen LogP contribution in [-0.2, 0) is 14.2 Å². The molecule has 10 nitrogen and oxygen atoms in total. The third-order valence-corrected chi connectivity index (χ3v) is 3.94. The van der Waals surface area contributed by atoms with E-state index in [1.165, 1.54) is 6.92 Å². The Morgan fingerprint density at radius 2 is 1.45 bits per heavy atom. The molecule has 0 aliphatic carbocycles. The first kappa shape index (κ1) is 17.9. The Morgan fingerprint density at radius 3 is 2.05 bits per heavy atom. The van der Waals surface area contributed by atoms with Crippen molar-refractivity contribution in [1.82, 2.24) is 0 Å². The van der Waals surface area contributed by atoms with Crippen molar-refractivity contribution in [3.05, 3.63) is 0 Å². The summed E-state index contributed by atoms with van der Waals surface area (Å²) in [5.41, 5.74) is 0. The Kier molecular flexibility index (Phi) is 5.72. The minimum absolute atomic E-state index is 0.619. The van der Waals surface area contributed by atoms with E-state index in [1.807, 2.05) is 0 Å². The summed E-state index contributed by atoms with van der Waals surface area (Å²) in [4.78, 5) is 0. The molecule has 2 aliphatic heterocycles. The van der Waals surface area contributed by atoms with Crippen molar-refractivity contribution in [2.75, 3.05) is 6.61 Å². The van der Waals surface area contributed by atoms with E-state index in [1.54, 1.807) is 0 Å². The van der Waals surface area contributed by atoms with E-state index in [4.69, 9.17) is 19.3 Å². The number of rotatable bonds is 3. The minimum atomic E-state index is -1.69. The molecule has 2 saturated heterocycles. The topological polar surface area (TPSA) is 169 Å². The summed E-state index contributed by atoms with van der Waals surface area (Å²) in [5, 5.41) is 67.5. The van der Waals surface area contributed by atoms with Crippen LogP contribution < -0.4 is 0 Å². The molecular weight excluding hydrogens is 304 g/mol. The Labute approximate surface area is 126 Å². The van der Waals surface area contributed by atoms with E-state index >= 15 is 0 Å². The Morgan fingerprint density at radius 1 is 0.818 bits per heavy atom. The van der Waals surface area contributed by atoms with Crippen LogP contribution in [0, 0.1) is 0 Å². The second kappa shape index (κ2) is 7.01. The van der Waals surface area contributed by atoms with Gasteiger partial charge in [0.05, 0.1) is 12.7 Å². The van der Waals surface area contributed by atoms with Crippen molar-refractivity contribution < 1.29 is 50.0 Å². The standard InChI is InChI=1S/C12H22O10/c1-3-5(14)7(16)9(18)12(20-3)22-10-8(17)6(15)4(2-13)21-11(10)19/h3-19H,2H2,1H3/t3-,4+,5+,6-,7-,8+,9-,10-,11-,12-/m0/s1. The van der Waals surface area contributed by atoms with Crippen molar-refractivity contribution in [3.8, 4) is 0 Å². The lowest BCUT2D eigenvalue weighted by Gasteiger charge is -2.44. The summed E-state index contributed by atoms with van der Waals surface area (Å²) >= 11 is 0. The van der Waals surface area contributed by atoms with Crippen molar-refractivity contribution in [3.63, 3.8) is 0 Å². The maximum atomic E-state index is 9.93. The van der Waals surface area contributed by atoms with Gasteiger partial charge in [-0.15, -0.1) is 0 Å². The molecule has 0 spiro atoms. The lowest BCUT2D eigenvalue weighted by Crippen LogP contribution is -2.63. The average Bonchev–Trinajstić information content (AvgIpc) is 2.49. The highest BCUT2D eigenvalue weighted by molar-refractivity contribution is 4.92. The van der Waals surface area contributed by atoms with Gasteiger partial charge in [-0.1, -0.05) is 0 Å². The molecule has 2 aliphatic rings. The third kappa shape index (κ3) is 3.26. The lowest BCUT2D eigenvalue weighted by molar-refractivity contribution is -0.358. The van der Waals surface area contributed by atoms with Gasteiger partial charge in [-0.2, -0.15) is 0 Å². The van der Waals surface area contributed by atoms with E-state index in [0.717, 1.165) is 0 Å². The van der Waals surface area contributed by atoms with Crippen LogP contribution in [0.25, 0.3) is 0 Å². The van der Waals surface area contributed by atoms with Gasteiger partial charge >= 0.3 is 0 Å². The summed E-state index contributed by atoms with van der Waals surface area (Å²) in [5.74, 6) is 0. The molecule has 10 atom stereocenters. The van der Waals surface area contributed by atoms with E-state index in [-0.39, 0.29) is 0 Å². The molecule has 0 unspecified atom stereocenters. The molecule has 130 valence electrons. The molecule has 2 heterocycles. The number of hydrogen-bond acceptors (Lipinski definition) is 10. The summed E-state index contributed by atoms with van der Waals surface area (Å²) in [6.45, 7) is 0.823. The zero-order chi connectivity index (χ0) is 16.6. The zero-order valence-electron chi connectivity index (χ0n) is 11.8. The second-order valence-electron chi connectivity index (χ2n) is 5.51. The third-order valence-electron chi connectivity index (χ3n) is 3.94. The largest absolute Gasteiger partial charge is 0.394 e. The van der Waals surface area contributed by atoms with Gasteiger partial charge in [0.1, 0.15) is 42.7 Å². The fourth-order valence-corrected chi connectivity index (χ4v) is 2.50. The Bertz CT molecular complexity index is 368. The van der Waals surface area contributed by atoms with Crippen LogP contribution in [-0.4, -0.2) is 104 Å². The molecule has 22 heavy (non-hydrogen) atoms. The highest BCUT2D eigenvalue weighted by atomic mass is 16.7. The van der Waals surface area contributed by atoms with Crippen molar-refractivity contribution in [2.45, 2.75) is 68.3 Å². The Balaban J connectivity index is 2.06. The normalized spacial score (nSPS) is 53.5. The summed E-state index contributed by atoms with van der Waals surface area (Å²) in [6.07, 6.45) is -14.3. The molecule has 0 saturated carbocycles. The molecule has 10 heteroatoms. The van der Waals surface area contributed by atoms with E-state index in [0.29, 0.717) is 0 Å². The molecule has 7 N–H and O–H groups in total. The number of ether oxygens (including phenoxy) is 3. The van der Waals surface area contributed by atoms with Crippen LogP contribution in [0.15, 0.2) is 0 Å². The van der Waals surface area contributed by atoms with E-state index in [9.17, 15) is 30.6 Å². The molecule has 0 aromatic heterocycles. The van der Waals surface area contributed by atoms with E-state index < -0.39 is 68.0 Å². The van der Waals surface area contributed by atoms with Gasteiger partial charge in [-0.3, -0.25) is 0 Å². The molecule has 0 aromatic carbocycles. The van der Waals surface area contributed by atoms with Gasteiger partial charge in [0.25, 0.3) is 0 Å². The van der Waals surface area contributed by atoms with Gasteiger partial charge in [-0.05, 0) is 6.92 Å². The van der Waals surface area contributed by atoms with Gasteiger partial charge in [0, 0.05) is 0 Å². The molecule has 0 aromatic rings. The maximum absolute atomic E-state index is 9.93. The van der Waals surface area contributed by atoms with Crippen LogP contribution >= 0.6 is 0 Å². The predicted octanol–water partition coefficient (Wildman–Crippen LogP) is -4.37. The molecule has 0 bridgehead atoms. The van der Waals surface area contributed by atoms with Crippen molar-refractivity contribution >= 4 is 0 Å². The zero-order valence-corrected chi connectivity index (χ0v) is 11.8. The first-order valence-corrected chi connectivity index (χ1v) is 6.93. The van der Waals surface area contributed by atoms with Crippen LogP contribution in [0.2, 0.25) is 0 Å². The van der Waals surface area contributed by atoms with E-state index in [2.05, 4.69) is 0 Å². The molecule has 2 rings (SSSR count). The van der Waals surface area contributed by atoms with Crippen molar-refractivity contribution in [2.24, 2.45) is 0 Å². The number of aliphatic hydroxyl groups excluding tert-OH is 7. The fraction of sp³-hybridized carbons (Fsp3) is 1.00. The van der Waals surface area contributed by atoms with Crippen molar-refractivity contribution in [1.29, 1.82) is 0 Å². The Hall–Kier alpha value is -0.400. The predicted molar refractivity (Wildman–Crippen MR) is 67.2 cm³/mol. The fourth-order valence-electron chi connectivity index (χ4n) is 2.50. The molecule has 0 amide bonds. The SMILES string of the molecule is C[C@@H]1O[C@@H](O[C@H]2[C@H](O)[C@@H](O)[C@@H](CO)O[C@@H]2O)[C@@H](O)[C@@H](O)[C@@H]1O. The van der Waals surface area contributed by atoms with Crippen LogP contribution in [0.4, 0.5) is 0 Å². The summed E-state index contributed by atoms with van der Waals surface area (Å²) in [6, 6.07) is 0. The van der Waals surface area contributed by atoms with Crippen LogP contribution in [0.1, 0.15) is 6.92 Å². The lowest BCUT2D eigenvalue weighted by atomic mass is 9.97. The summed E-state index contributed by atoms with van der Waals surface area (Å²) in [7, 11) is 0. The highest BCUT2D eigenvalue weighted by Crippen LogP contribution is 2.28. The maximum Gasteiger partial charge on any atom is 0.187 e. The quantitative estimate of drug-likeness (QED) is 0.269. The van der Waals surface area contributed by atoms with Gasteiger partial charge in [0.15, 0.2) is 12.6 Å². The highest BCUT2D eigenvalue weighted by Gasteiger charge is 2.49. The molecule has 0 radical (unpaired) electrons. The van der Waals surface area contributed by atoms with Crippen LogP contribution in [0.3, 0.4) is 0 Å². The van der Waals surface area contributed by atoms with Gasteiger partial charge in [-0.25, -0.2) is 0 Å². The number of aliphatic hydroxyl groups is 7. The number of hydrogen-bond donors (Lipinski definition) is 7. The first-order chi connectivity index (χ1) is 10.3.